The van der Waals surface area contributed by atoms with E-state index < -0.39 is 11.9 Å². The Morgan fingerprint density at radius 3 is 3.00 bits per heavy atom. The second-order valence-corrected chi connectivity index (χ2v) is 3.86. The molecule has 2 rings (SSSR count). The van der Waals surface area contributed by atoms with Crippen LogP contribution in [0.2, 0.25) is 0 Å². The molecule has 0 amide bonds. The highest BCUT2D eigenvalue weighted by atomic mass is 19.1. The third-order valence-corrected chi connectivity index (χ3v) is 2.85. The van der Waals surface area contributed by atoms with Crippen molar-refractivity contribution in [1.29, 1.82) is 0 Å². The number of ether oxygens (including phenoxy) is 2. The van der Waals surface area contributed by atoms with Crippen molar-refractivity contribution < 1.29 is 19.0 Å². The van der Waals surface area contributed by atoms with E-state index in [1.54, 1.807) is 12.1 Å². The largest absolute Gasteiger partial charge is 0.494 e. The summed E-state index contributed by atoms with van der Waals surface area (Å²) < 4.78 is 24.0. The summed E-state index contributed by atoms with van der Waals surface area (Å²) in [5, 5.41) is 10.0. The van der Waals surface area contributed by atoms with Crippen LogP contribution in [0.5, 0.6) is 5.75 Å². The number of rotatable bonds is 3. The molecule has 1 aromatic carbocycles. The number of hydrogen-bond acceptors (Lipinski definition) is 3. The maximum Gasteiger partial charge on any atom is 0.170 e. The Labute approximate surface area is 93.8 Å². The molecule has 1 N–H and O–H groups in total. The van der Waals surface area contributed by atoms with Crippen LogP contribution in [0.3, 0.4) is 0 Å². The van der Waals surface area contributed by atoms with Crippen LogP contribution in [-0.2, 0) is 4.74 Å². The van der Waals surface area contributed by atoms with Gasteiger partial charge in [-0.3, -0.25) is 0 Å². The number of aliphatic hydroxyl groups is 1. The fourth-order valence-corrected chi connectivity index (χ4v) is 1.97. The van der Waals surface area contributed by atoms with E-state index in [0.29, 0.717) is 6.61 Å². The molecule has 0 saturated carbocycles. The molecule has 2 unspecified atom stereocenters. The lowest BCUT2D eigenvalue weighted by molar-refractivity contribution is -0.00443. The Kier molecular flexibility index (Phi) is 3.41. The Hall–Kier alpha value is -1.13. The van der Waals surface area contributed by atoms with Gasteiger partial charge in [0.15, 0.2) is 11.6 Å². The molecule has 0 bridgehead atoms. The molecule has 3 nitrogen and oxygen atoms in total. The molecule has 1 aliphatic rings. The van der Waals surface area contributed by atoms with Crippen LogP contribution in [0.25, 0.3) is 0 Å². The summed E-state index contributed by atoms with van der Waals surface area (Å²) in [4.78, 5) is 0. The summed E-state index contributed by atoms with van der Waals surface area (Å²) in [6, 6.07) is 4.75. The van der Waals surface area contributed by atoms with Crippen molar-refractivity contribution in [3.63, 3.8) is 0 Å². The average Bonchev–Trinajstić information content (AvgIpc) is 2.82. The number of methoxy groups -OCH3 is 1. The Bertz CT molecular complexity index is 361. The summed E-state index contributed by atoms with van der Waals surface area (Å²) in [5.74, 6) is -0.359. The van der Waals surface area contributed by atoms with Crippen LogP contribution in [0.15, 0.2) is 18.2 Å². The summed E-state index contributed by atoms with van der Waals surface area (Å²) >= 11 is 0. The van der Waals surface area contributed by atoms with Gasteiger partial charge in [0, 0.05) is 12.2 Å². The first-order valence-corrected chi connectivity index (χ1v) is 5.36. The van der Waals surface area contributed by atoms with E-state index >= 15 is 0 Å². The predicted molar refractivity (Wildman–Crippen MR) is 56.9 cm³/mol. The highest BCUT2D eigenvalue weighted by Crippen LogP contribution is 2.31. The van der Waals surface area contributed by atoms with E-state index in [9.17, 15) is 9.50 Å². The van der Waals surface area contributed by atoms with Gasteiger partial charge < -0.3 is 14.6 Å². The Morgan fingerprint density at radius 2 is 2.38 bits per heavy atom. The van der Waals surface area contributed by atoms with Gasteiger partial charge in [0.1, 0.15) is 6.10 Å². The van der Waals surface area contributed by atoms with E-state index in [1.807, 2.05) is 0 Å². The van der Waals surface area contributed by atoms with Gasteiger partial charge in [-0.15, -0.1) is 0 Å². The zero-order valence-corrected chi connectivity index (χ0v) is 9.15. The topological polar surface area (TPSA) is 38.7 Å². The smallest absolute Gasteiger partial charge is 0.170 e. The predicted octanol–water partition coefficient (Wildman–Crippen LogP) is 2.05. The van der Waals surface area contributed by atoms with Crippen molar-refractivity contribution in [2.45, 2.75) is 25.0 Å². The van der Waals surface area contributed by atoms with Gasteiger partial charge in [0.25, 0.3) is 0 Å². The summed E-state index contributed by atoms with van der Waals surface area (Å²) in [5.41, 5.74) is 0.242. The van der Waals surface area contributed by atoms with Crippen molar-refractivity contribution in [2.24, 2.45) is 0 Å². The monoisotopic (exact) mass is 226 g/mol. The van der Waals surface area contributed by atoms with E-state index in [0.717, 1.165) is 12.8 Å². The van der Waals surface area contributed by atoms with E-state index in [2.05, 4.69) is 0 Å². The van der Waals surface area contributed by atoms with Crippen LogP contribution in [0.1, 0.15) is 24.5 Å². The lowest BCUT2D eigenvalue weighted by Crippen LogP contribution is -2.18. The molecule has 1 aliphatic heterocycles. The number of halogens is 1. The molecule has 1 saturated heterocycles. The lowest BCUT2D eigenvalue weighted by Gasteiger charge is -2.19. The Morgan fingerprint density at radius 1 is 1.56 bits per heavy atom. The average molecular weight is 226 g/mol. The van der Waals surface area contributed by atoms with Gasteiger partial charge in [-0.05, 0) is 18.9 Å². The minimum Gasteiger partial charge on any atom is -0.494 e. The second kappa shape index (κ2) is 4.80. The van der Waals surface area contributed by atoms with Crippen molar-refractivity contribution in [2.75, 3.05) is 13.7 Å². The van der Waals surface area contributed by atoms with Crippen molar-refractivity contribution in [3.05, 3.63) is 29.6 Å². The molecule has 4 heteroatoms. The molecule has 0 aromatic heterocycles. The van der Waals surface area contributed by atoms with Crippen LogP contribution in [0, 0.1) is 5.82 Å². The first kappa shape index (κ1) is 11.4. The van der Waals surface area contributed by atoms with Crippen molar-refractivity contribution >= 4 is 0 Å². The van der Waals surface area contributed by atoms with E-state index in [1.165, 1.54) is 13.2 Å². The molecule has 0 radical (unpaired) electrons. The van der Waals surface area contributed by atoms with Gasteiger partial charge in [0.2, 0.25) is 0 Å². The van der Waals surface area contributed by atoms with E-state index in [-0.39, 0.29) is 17.4 Å². The zero-order valence-electron chi connectivity index (χ0n) is 9.15. The molecule has 2 atom stereocenters. The lowest BCUT2D eigenvalue weighted by atomic mass is 10.0. The number of benzene rings is 1. The fourth-order valence-electron chi connectivity index (χ4n) is 1.97. The van der Waals surface area contributed by atoms with Crippen molar-refractivity contribution in [3.8, 4) is 5.75 Å². The summed E-state index contributed by atoms with van der Waals surface area (Å²) in [6.07, 6.45) is 0.449. The zero-order chi connectivity index (χ0) is 11.5. The van der Waals surface area contributed by atoms with Gasteiger partial charge >= 0.3 is 0 Å². The third kappa shape index (κ3) is 2.03. The number of hydrogen-bond donors (Lipinski definition) is 1. The molecule has 0 spiro atoms. The normalized spacial score (nSPS) is 22.1. The standard InChI is InChI=1S/C12H15FO3/c1-15-9-5-2-4-8(11(9)13)12(14)10-6-3-7-16-10/h2,4-5,10,12,14H,3,6-7H2,1H3. The maximum atomic E-state index is 13.8. The molecule has 0 aliphatic carbocycles. The molecule has 1 aromatic rings. The molecule has 1 fully saturated rings. The van der Waals surface area contributed by atoms with Crippen LogP contribution >= 0.6 is 0 Å². The molecule has 1 heterocycles. The Balaban J connectivity index is 2.25. The number of aliphatic hydroxyl groups excluding tert-OH is 1. The van der Waals surface area contributed by atoms with Gasteiger partial charge in [-0.1, -0.05) is 12.1 Å². The quantitative estimate of drug-likeness (QED) is 0.857. The molecular weight excluding hydrogens is 211 g/mol. The van der Waals surface area contributed by atoms with Crippen molar-refractivity contribution in [1.82, 2.24) is 0 Å². The van der Waals surface area contributed by atoms with Crippen LogP contribution < -0.4 is 4.74 Å². The fraction of sp³-hybridized carbons (Fsp3) is 0.500. The van der Waals surface area contributed by atoms with Gasteiger partial charge in [0.05, 0.1) is 13.2 Å². The second-order valence-electron chi connectivity index (χ2n) is 3.86. The third-order valence-electron chi connectivity index (χ3n) is 2.85. The highest BCUT2D eigenvalue weighted by molar-refractivity contribution is 5.32. The molecule has 88 valence electrons. The SMILES string of the molecule is COc1cccc(C(O)C2CCCO2)c1F. The summed E-state index contributed by atoms with van der Waals surface area (Å²) in [7, 11) is 1.40. The first-order chi connectivity index (χ1) is 7.74. The molecular formula is C12H15FO3. The minimum absolute atomic E-state index is 0.148. The van der Waals surface area contributed by atoms with E-state index in [4.69, 9.17) is 9.47 Å². The van der Waals surface area contributed by atoms with Gasteiger partial charge in [-0.25, -0.2) is 4.39 Å². The summed E-state index contributed by atoms with van der Waals surface area (Å²) in [6.45, 7) is 0.632. The van der Waals surface area contributed by atoms with Crippen LogP contribution in [-0.4, -0.2) is 24.9 Å². The molecule has 16 heavy (non-hydrogen) atoms. The highest BCUT2D eigenvalue weighted by Gasteiger charge is 2.28. The minimum atomic E-state index is -0.919. The van der Waals surface area contributed by atoms with Crippen LogP contribution in [0.4, 0.5) is 4.39 Å². The maximum absolute atomic E-state index is 13.8. The first-order valence-electron chi connectivity index (χ1n) is 5.36. The van der Waals surface area contributed by atoms with Gasteiger partial charge in [-0.2, -0.15) is 0 Å².